The molecule has 20 rings (SSSR count). The van der Waals surface area contributed by atoms with Gasteiger partial charge in [-0.2, -0.15) is 0 Å². The Balaban J connectivity index is 0.000000137. The fourth-order valence-electron chi connectivity index (χ4n) is 15.4. The van der Waals surface area contributed by atoms with Gasteiger partial charge in [0, 0.05) is 32.9 Å². The molecule has 0 saturated heterocycles. The van der Waals surface area contributed by atoms with Crippen LogP contribution >= 0.6 is 0 Å². The number of rotatable bonds is 8. The molecule has 18 aromatic carbocycles. The first-order chi connectivity index (χ1) is 48.5. The summed E-state index contributed by atoms with van der Waals surface area (Å²) in [5.74, 6) is 0. The maximum atomic E-state index is 2.41. The maximum absolute atomic E-state index is 2.41. The molecule has 2 heteroatoms. The van der Waals surface area contributed by atoms with Crippen molar-refractivity contribution in [1.29, 1.82) is 0 Å². The van der Waals surface area contributed by atoms with Crippen molar-refractivity contribution in [2.75, 3.05) is 0 Å². The van der Waals surface area contributed by atoms with Gasteiger partial charge in [0.25, 0.3) is 0 Å². The molecule has 0 aliphatic carbocycles. The monoisotopic (exact) mass is 1240 g/mol. The smallest absolute Gasteiger partial charge is 0.0547 e. The quantitative estimate of drug-likeness (QED) is 0.143. The summed E-state index contributed by atoms with van der Waals surface area (Å²) in [7, 11) is 0. The normalized spacial score (nSPS) is 11.7. The van der Waals surface area contributed by atoms with Crippen molar-refractivity contribution in [3.8, 4) is 78.1 Å². The molecule has 0 atom stereocenters. The van der Waals surface area contributed by atoms with Crippen molar-refractivity contribution in [3.63, 3.8) is 0 Å². The molecule has 0 saturated carbocycles. The average molecular weight is 1240 g/mol. The van der Waals surface area contributed by atoms with Crippen LogP contribution in [0.1, 0.15) is 0 Å². The summed E-state index contributed by atoms with van der Waals surface area (Å²) < 4.78 is 4.83. The van der Waals surface area contributed by atoms with Crippen LogP contribution in [0, 0.1) is 0 Å². The second kappa shape index (κ2) is 23.5. The summed E-state index contributed by atoms with van der Waals surface area (Å²) in [4.78, 5) is 0. The molecule has 0 radical (unpaired) electrons. The van der Waals surface area contributed by atoms with Crippen LogP contribution in [0.5, 0.6) is 0 Å². The van der Waals surface area contributed by atoms with Crippen LogP contribution in [0.3, 0.4) is 0 Å². The van der Waals surface area contributed by atoms with E-state index >= 15 is 0 Å². The van der Waals surface area contributed by atoms with Gasteiger partial charge in [-0.3, -0.25) is 0 Å². The van der Waals surface area contributed by atoms with E-state index in [1.54, 1.807) is 0 Å². The zero-order chi connectivity index (χ0) is 64.6. The molecule has 2 nitrogen and oxygen atoms in total. The Morgan fingerprint density at radius 2 is 0.449 bits per heavy atom. The van der Waals surface area contributed by atoms with Crippen LogP contribution in [0.4, 0.5) is 0 Å². The highest BCUT2D eigenvalue weighted by atomic mass is 15.0. The van der Waals surface area contributed by atoms with Gasteiger partial charge in [-0.25, -0.2) is 0 Å². The molecular weight excluding hydrogens is 1180 g/mol. The standard InChI is InChI=1S/2C48H31N/c1-2-9-32(10-3-1)33-23-26-41(27-24-33)49-46-16-7-6-14-44(46)48-45-31-38(21-19-36(45)25-28-47(48)49)37-20-17-34-18-22-39(30-40(34)29-37)43-15-8-12-35-11-4-5-13-42(35)43;1-2-8-32(9-3-1)34-22-25-43(26-23-34)49-46-13-7-6-12-44(46)48-45-31-41(21-17-36(45)24-27-47(48)49)40-20-16-35-15-19-39(29-42(35)30-40)38-18-14-33-10-4-5-11-37(33)28-38/h2*1-31H. The van der Waals surface area contributed by atoms with Crippen molar-refractivity contribution in [2.24, 2.45) is 0 Å². The number of nitrogens with zero attached hydrogens (tertiary/aromatic N) is 2. The second-order valence-electron chi connectivity index (χ2n) is 26.0. The van der Waals surface area contributed by atoms with E-state index in [9.17, 15) is 0 Å². The number of para-hydroxylation sites is 2. The van der Waals surface area contributed by atoms with Gasteiger partial charge in [-0.05, 0) is 222 Å². The summed E-state index contributed by atoms with van der Waals surface area (Å²) in [5, 5.41) is 20.2. The lowest BCUT2D eigenvalue weighted by Gasteiger charge is -2.11. The number of aromatic nitrogens is 2. The molecule has 2 heterocycles. The SMILES string of the molecule is c1ccc(-c2ccc(-n3c4ccccc4c4c5cc(-c6ccc7ccc(-c8ccc9ccccc9c8)cc7c6)ccc5ccc43)cc2)cc1.c1ccc(-c2ccc(-n3c4ccccc4c4c5cc(-c6ccc7ccc(-c8cccc9ccccc89)cc7c6)ccc5ccc43)cc2)cc1. The lowest BCUT2D eigenvalue weighted by Crippen LogP contribution is -1.93. The summed E-state index contributed by atoms with van der Waals surface area (Å²) in [5.41, 5.74) is 22.0. The first-order valence-electron chi connectivity index (χ1n) is 33.8. The average Bonchev–Trinajstić information content (AvgIpc) is 1.56. The van der Waals surface area contributed by atoms with Gasteiger partial charge >= 0.3 is 0 Å². The molecule has 0 amide bonds. The highest BCUT2D eigenvalue weighted by Gasteiger charge is 2.19. The van der Waals surface area contributed by atoms with E-state index < -0.39 is 0 Å². The van der Waals surface area contributed by atoms with Crippen molar-refractivity contribution in [1.82, 2.24) is 9.13 Å². The van der Waals surface area contributed by atoms with E-state index in [-0.39, 0.29) is 0 Å². The Morgan fingerprint density at radius 1 is 0.143 bits per heavy atom. The van der Waals surface area contributed by atoms with Gasteiger partial charge in [0.2, 0.25) is 0 Å². The van der Waals surface area contributed by atoms with Gasteiger partial charge in [-0.1, -0.05) is 285 Å². The van der Waals surface area contributed by atoms with E-state index in [0.717, 1.165) is 11.4 Å². The zero-order valence-corrected chi connectivity index (χ0v) is 53.7. The Hall–Kier alpha value is -12.9. The highest BCUT2D eigenvalue weighted by molar-refractivity contribution is 6.23. The molecule has 20 aromatic rings. The highest BCUT2D eigenvalue weighted by Crippen LogP contribution is 2.43. The Labute approximate surface area is 568 Å². The minimum Gasteiger partial charge on any atom is -0.309 e. The summed E-state index contributed by atoms with van der Waals surface area (Å²) in [6, 6.07) is 138. The lowest BCUT2D eigenvalue weighted by atomic mass is 9.94. The first-order valence-corrected chi connectivity index (χ1v) is 33.8. The molecule has 0 aliphatic rings. The van der Waals surface area contributed by atoms with Gasteiger partial charge in [-0.15, -0.1) is 0 Å². The Bertz CT molecular complexity index is 6500. The minimum atomic E-state index is 1.16. The Kier molecular flexibility index (Phi) is 13.6. The molecule has 456 valence electrons. The van der Waals surface area contributed by atoms with E-state index in [1.165, 1.54) is 175 Å². The third kappa shape index (κ3) is 9.89. The summed E-state index contributed by atoms with van der Waals surface area (Å²) >= 11 is 0. The van der Waals surface area contributed by atoms with Crippen molar-refractivity contribution < 1.29 is 0 Å². The molecule has 0 aliphatic heterocycles. The zero-order valence-electron chi connectivity index (χ0n) is 53.7. The van der Waals surface area contributed by atoms with Gasteiger partial charge in [0.05, 0.1) is 22.1 Å². The second-order valence-corrected chi connectivity index (χ2v) is 26.0. The van der Waals surface area contributed by atoms with E-state index in [2.05, 4.69) is 385 Å². The van der Waals surface area contributed by atoms with Crippen molar-refractivity contribution in [3.05, 3.63) is 376 Å². The molecule has 2 aromatic heterocycles. The van der Waals surface area contributed by atoms with E-state index in [0.29, 0.717) is 0 Å². The minimum absolute atomic E-state index is 1.16. The molecule has 0 unspecified atom stereocenters. The van der Waals surface area contributed by atoms with E-state index in [4.69, 9.17) is 0 Å². The summed E-state index contributed by atoms with van der Waals surface area (Å²) in [6.07, 6.45) is 0. The number of fused-ring (bicyclic) bond motifs is 14. The van der Waals surface area contributed by atoms with Gasteiger partial charge in [0.1, 0.15) is 0 Å². The van der Waals surface area contributed by atoms with Crippen molar-refractivity contribution in [2.45, 2.75) is 0 Å². The topological polar surface area (TPSA) is 9.86 Å². The molecule has 0 bridgehead atoms. The third-order valence-corrected chi connectivity index (χ3v) is 20.3. The molecule has 0 N–H and O–H groups in total. The van der Waals surface area contributed by atoms with E-state index in [1.807, 2.05) is 0 Å². The van der Waals surface area contributed by atoms with Crippen LogP contribution in [0.2, 0.25) is 0 Å². The predicted octanol–water partition coefficient (Wildman–Crippen LogP) is 26.5. The first kappa shape index (κ1) is 56.6. The van der Waals surface area contributed by atoms with Crippen LogP contribution in [0.15, 0.2) is 376 Å². The van der Waals surface area contributed by atoms with Crippen molar-refractivity contribution >= 4 is 108 Å². The fraction of sp³-hybridized carbons (Fsp3) is 0. The van der Waals surface area contributed by atoms with Crippen LogP contribution in [0.25, 0.3) is 186 Å². The molecule has 0 spiro atoms. The van der Waals surface area contributed by atoms with Crippen LogP contribution in [-0.2, 0) is 0 Å². The lowest BCUT2D eigenvalue weighted by molar-refractivity contribution is 1.18. The molecule has 98 heavy (non-hydrogen) atoms. The van der Waals surface area contributed by atoms with Crippen LogP contribution < -0.4 is 0 Å². The molecular formula is C96H62N2. The third-order valence-electron chi connectivity index (χ3n) is 20.3. The number of hydrogen-bond donors (Lipinski definition) is 0. The number of benzene rings is 18. The fourth-order valence-corrected chi connectivity index (χ4v) is 15.4. The predicted molar refractivity (Wildman–Crippen MR) is 419 cm³/mol. The largest absolute Gasteiger partial charge is 0.309 e. The summed E-state index contributed by atoms with van der Waals surface area (Å²) in [6.45, 7) is 0. The maximum Gasteiger partial charge on any atom is 0.0547 e. The van der Waals surface area contributed by atoms with Gasteiger partial charge in [0.15, 0.2) is 0 Å². The van der Waals surface area contributed by atoms with Crippen LogP contribution in [-0.4, -0.2) is 9.13 Å². The Morgan fingerprint density at radius 3 is 0.929 bits per heavy atom. The van der Waals surface area contributed by atoms with Gasteiger partial charge < -0.3 is 9.13 Å². The number of hydrogen-bond acceptors (Lipinski definition) is 0. The molecule has 0 fully saturated rings.